The van der Waals surface area contributed by atoms with Crippen molar-refractivity contribution in [2.24, 2.45) is 5.11 Å². The lowest BCUT2D eigenvalue weighted by Crippen LogP contribution is -1.87. The molecule has 3 nitrogen and oxygen atoms in total. The van der Waals surface area contributed by atoms with Crippen molar-refractivity contribution in [1.82, 2.24) is 0 Å². The predicted molar refractivity (Wildman–Crippen MR) is 54.1 cm³/mol. The van der Waals surface area contributed by atoms with Gasteiger partial charge < -0.3 is 0 Å². The Morgan fingerprint density at radius 2 is 2.08 bits per heavy atom. The van der Waals surface area contributed by atoms with E-state index in [0.29, 0.717) is 0 Å². The fourth-order valence-electron chi connectivity index (χ4n) is 0.934. The van der Waals surface area contributed by atoms with Crippen LogP contribution in [0, 0.1) is 0 Å². The molecule has 0 N–H and O–H groups in total. The second-order valence-electron chi connectivity index (χ2n) is 2.72. The van der Waals surface area contributed by atoms with Crippen LogP contribution in [0.4, 0.5) is 0 Å². The van der Waals surface area contributed by atoms with Crippen LogP contribution in [-0.4, -0.2) is 6.04 Å². The Labute approximate surface area is 77.3 Å². The first-order chi connectivity index (χ1) is 6.33. The lowest BCUT2D eigenvalue weighted by atomic mass is 10.2. The summed E-state index contributed by atoms with van der Waals surface area (Å²) in [6.45, 7) is 1.85. The molecular weight excluding hydrogens is 162 g/mol. The van der Waals surface area contributed by atoms with Gasteiger partial charge in [-0.3, -0.25) is 0 Å². The Kier molecular flexibility index (Phi) is 3.61. The van der Waals surface area contributed by atoms with Crippen molar-refractivity contribution in [3.8, 4) is 0 Å². The molecule has 3 heteroatoms. The molecule has 0 aromatic heterocycles. The summed E-state index contributed by atoms with van der Waals surface area (Å²) < 4.78 is 0. The van der Waals surface area contributed by atoms with Crippen LogP contribution >= 0.6 is 0 Å². The van der Waals surface area contributed by atoms with Crippen molar-refractivity contribution in [3.05, 3.63) is 52.4 Å². The highest BCUT2D eigenvalue weighted by Gasteiger charge is 1.89. The Bertz CT molecular complexity index is 323. The van der Waals surface area contributed by atoms with E-state index >= 15 is 0 Å². The maximum atomic E-state index is 8.16. The van der Waals surface area contributed by atoms with Crippen LogP contribution in [0.3, 0.4) is 0 Å². The predicted octanol–water partition coefficient (Wildman–Crippen LogP) is 3.40. The van der Waals surface area contributed by atoms with Crippen LogP contribution in [0.1, 0.15) is 12.5 Å². The number of rotatable bonds is 3. The topological polar surface area (TPSA) is 48.8 Å². The zero-order valence-corrected chi connectivity index (χ0v) is 7.46. The summed E-state index contributed by atoms with van der Waals surface area (Å²) in [5.74, 6) is 0. The number of nitrogens with zero attached hydrogens (tertiary/aromatic N) is 3. The highest BCUT2D eigenvalue weighted by Crippen LogP contribution is 2.03. The average Bonchev–Trinajstić information content (AvgIpc) is 2.17. The summed E-state index contributed by atoms with van der Waals surface area (Å²) >= 11 is 0. The monoisotopic (exact) mass is 173 g/mol. The molecule has 66 valence electrons. The molecule has 0 saturated carbocycles. The number of hydrogen-bond donors (Lipinski definition) is 0. The van der Waals surface area contributed by atoms with Gasteiger partial charge in [-0.2, -0.15) is 0 Å². The maximum absolute atomic E-state index is 8.16. The average molecular weight is 173 g/mol. The largest absolute Gasteiger partial charge is 0.0868 e. The van der Waals surface area contributed by atoms with Crippen molar-refractivity contribution >= 4 is 6.08 Å². The van der Waals surface area contributed by atoms with Gasteiger partial charge in [-0.25, -0.2) is 0 Å². The van der Waals surface area contributed by atoms with E-state index in [-0.39, 0.29) is 6.04 Å². The van der Waals surface area contributed by atoms with Gasteiger partial charge in [0.2, 0.25) is 0 Å². The number of benzene rings is 1. The van der Waals surface area contributed by atoms with Crippen molar-refractivity contribution in [2.75, 3.05) is 0 Å². The van der Waals surface area contributed by atoms with Gasteiger partial charge in [-0.05, 0) is 11.1 Å². The van der Waals surface area contributed by atoms with E-state index in [4.69, 9.17) is 5.53 Å². The molecule has 0 aliphatic carbocycles. The van der Waals surface area contributed by atoms with E-state index in [9.17, 15) is 0 Å². The number of azide groups is 1. The molecule has 0 aliphatic rings. The summed E-state index contributed by atoms with van der Waals surface area (Å²) in [5, 5.41) is 3.53. The summed E-state index contributed by atoms with van der Waals surface area (Å²) in [7, 11) is 0. The molecular formula is C10H11N3. The normalized spacial score (nSPS) is 12.4. The Morgan fingerprint density at radius 1 is 1.38 bits per heavy atom. The summed E-state index contributed by atoms with van der Waals surface area (Å²) in [6, 6.07) is 9.81. The molecule has 0 amide bonds. The van der Waals surface area contributed by atoms with Gasteiger partial charge in [0.05, 0.1) is 6.04 Å². The number of hydrogen-bond acceptors (Lipinski definition) is 1. The molecule has 0 radical (unpaired) electrons. The summed E-state index contributed by atoms with van der Waals surface area (Å²) in [4.78, 5) is 2.72. The van der Waals surface area contributed by atoms with Gasteiger partial charge in [0.25, 0.3) is 0 Å². The molecule has 1 aromatic rings. The molecule has 1 atom stereocenters. The van der Waals surface area contributed by atoms with Crippen LogP contribution in [-0.2, 0) is 0 Å². The van der Waals surface area contributed by atoms with E-state index in [0.717, 1.165) is 5.56 Å². The van der Waals surface area contributed by atoms with Gasteiger partial charge in [0.15, 0.2) is 0 Å². The molecule has 0 bridgehead atoms. The van der Waals surface area contributed by atoms with E-state index in [1.807, 2.05) is 49.4 Å². The fraction of sp³-hybridized carbons (Fsp3) is 0.200. The van der Waals surface area contributed by atoms with Gasteiger partial charge in [0, 0.05) is 4.91 Å². The van der Waals surface area contributed by atoms with E-state index in [1.54, 1.807) is 0 Å². The van der Waals surface area contributed by atoms with Crippen molar-refractivity contribution in [1.29, 1.82) is 0 Å². The van der Waals surface area contributed by atoms with E-state index < -0.39 is 0 Å². The van der Waals surface area contributed by atoms with Crippen molar-refractivity contribution < 1.29 is 0 Å². The molecule has 0 unspecified atom stereocenters. The van der Waals surface area contributed by atoms with Gasteiger partial charge in [-0.15, -0.1) is 0 Å². The highest BCUT2D eigenvalue weighted by atomic mass is 15.1. The first-order valence-corrected chi connectivity index (χ1v) is 4.10. The van der Waals surface area contributed by atoms with Crippen LogP contribution < -0.4 is 0 Å². The zero-order chi connectivity index (χ0) is 9.52. The highest BCUT2D eigenvalue weighted by molar-refractivity contribution is 5.49. The molecule has 13 heavy (non-hydrogen) atoms. The van der Waals surface area contributed by atoms with Crippen LogP contribution in [0.25, 0.3) is 16.5 Å². The Hall–Kier alpha value is -1.73. The lowest BCUT2D eigenvalue weighted by molar-refractivity contribution is 0.915. The van der Waals surface area contributed by atoms with Gasteiger partial charge in [-0.1, -0.05) is 54.5 Å². The summed E-state index contributed by atoms with van der Waals surface area (Å²) in [5.41, 5.74) is 9.27. The fourth-order valence-corrected chi connectivity index (χ4v) is 0.934. The van der Waals surface area contributed by atoms with Crippen molar-refractivity contribution in [2.45, 2.75) is 13.0 Å². The third-order valence-electron chi connectivity index (χ3n) is 1.60. The third kappa shape index (κ3) is 3.45. The SMILES string of the molecule is C[C@H](/C=C/c1ccccc1)N=[N+]=[N-]. The van der Waals surface area contributed by atoms with E-state index in [1.165, 1.54) is 0 Å². The standard InChI is InChI=1S/C10H11N3/c1-9(12-13-11)7-8-10-5-3-2-4-6-10/h2-9H,1H3/b8-7+/t9-/m1/s1. The van der Waals surface area contributed by atoms with Crippen LogP contribution in [0.5, 0.6) is 0 Å². The second-order valence-corrected chi connectivity index (χ2v) is 2.72. The Balaban J connectivity index is 2.63. The zero-order valence-electron chi connectivity index (χ0n) is 7.46. The van der Waals surface area contributed by atoms with Crippen molar-refractivity contribution in [3.63, 3.8) is 0 Å². The van der Waals surface area contributed by atoms with Crippen LogP contribution in [0.2, 0.25) is 0 Å². The van der Waals surface area contributed by atoms with E-state index in [2.05, 4.69) is 10.0 Å². The second kappa shape index (κ2) is 5.01. The molecule has 0 spiro atoms. The van der Waals surface area contributed by atoms with Gasteiger partial charge in [0.1, 0.15) is 0 Å². The van der Waals surface area contributed by atoms with Gasteiger partial charge >= 0.3 is 0 Å². The molecule has 1 rings (SSSR count). The minimum Gasteiger partial charge on any atom is -0.0868 e. The molecule has 0 saturated heterocycles. The third-order valence-corrected chi connectivity index (χ3v) is 1.60. The first kappa shape index (κ1) is 9.36. The van der Waals surface area contributed by atoms with Crippen LogP contribution in [0.15, 0.2) is 41.5 Å². The first-order valence-electron chi connectivity index (χ1n) is 4.10. The lowest BCUT2D eigenvalue weighted by Gasteiger charge is -1.94. The minimum atomic E-state index is -0.0924. The molecule has 0 fully saturated rings. The summed E-state index contributed by atoms with van der Waals surface area (Å²) in [6.07, 6.45) is 3.81. The molecule has 1 aromatic carbocycles. The Morgan fingerprint density at radius 3 is 2.69 bits per heavy atom. The minimum absolute atomic E-state index is 0.0924. The quantitative estimate of drug-likeness (QED) is 0.382. The maximum Gasteiger partial charge on any atom is 0.0530 e. The molecule has 0 aliphatic heterocycles. The smallest absolute Gasteiger partial charge is 0.0530 e. The molecule has 0 heterocycles.